The van der Waals surface area contributed by atoms with Crippen molar-refractivity contribution < 1.29 is 0 Å². The van der Waals surface area contributed by atoms with Gasteiger partial charge in [-0.1, -0.05) is 11.6 Å². The minimum Gasteiger partial charge on any atom is -0.221 e. The molecule has 3 rings (SSSR count). The van der Waals surface area contributed by atoms with E-state index < -0.39 is 0 Å². The van der Waals surface area contributed by atoms with Crippen molar-refractivity contribution in [1.29, 1.82) is 0 Å². The van der Waals surface area contributed by atoms with Crippen LogP contribution < -0.4 is 0 Å². The summed E-state index contributed by atoms with van der Waals surface area (Å²) in [4.78, 5) is 8.01. The molecule has 16 heavy (non-hydrogen) atoms. The first-order chi connectivity index (χ1) is 7.74. The molecule has 0 unspecified atom stereocenters. The highest BCUT2D eigenvalue weighted by molar-refractivity contribution is 9.10. The van der Waals surface area contributed by atoms with Gasteiger partial charge in [0, 0.05) is 12.3 Å². The molecule has 80 valence electrons. The number of hydrogen-bond donors (Lipinski definition) is 0. The fourth-order valence-electron chi connectivity index (χ4n) is 1.36. The molecule has 0 aliphatic carbocycles. The standard InChI is InChI=1S/C8H4BrClN6/c9-5-2-12-15(3-5)7-1-6(10)14-8-11-4-13-16(7)8/h1-4H. The Morgan fingerprint density at radius 1 is 1.31 bits per heavy atom. The van der Waals surface area contributed by atoms with Crippen LogP contribution in [-0.2, 0) is 0 Å². The van der Waals surface area contributed by atoms with Crippen molar-refractivity contribution in [3.8, 4) is 5.82 Å². The second kappa shape index (κ2) is 3.53. The smallest absolute Gasteiger partial charge is 0.221 e. The summed E-state index contributed by atoms with van der Waals surface area (Å²) in [7, 11) is 0. The van der Waals surface area contributed by atoms with Crippen LogP contribution in [0.3, 0.4) is 0 Å². The van der Waals surface area contributed by atoms with E-state index in [0.717, 1.165) is 4.47 Å². The molecule has 0 saturated heterocycles. The first-order valence-corrected chi connectivity index (χ1v) is 5.48. The molecule has 0 fully saturated rings. The predicted molar refractivity (Wildman–Crippen MR) is 60.6 cm³/mol. The molecule has 8 heteroatoms. The van der Waals surface area contributed by atoms with Crippen LogP contribution in [0.5, 0.6) is 0 Å². The van der Waals surface area contributed by atoms with Gasteiger partial charge >= 0.3 is 0 Å². The van der Waals surface area contributed by atoms with Crippen LogP contribution in [0.25, 0.3) is 11.6 Å². The minimum atomic E-state index is 0.349. The predicted octanol–water partition coefficient (Wildman–Crippen LogP) is 1.73. The molecule has 0 atom stereocenters. The van der Waals surface area contributed by atoms with Crippen molar-refractivity contribution in [3.05, 3.63) is 34.4 Å². The van der Waals surface area contributed by atoms with Crippen molar-refractivity contribution in [2.45, 2.75) is 0 Å². The molecule has 0 aliphatic heterocycles. The molecule has 0 N–H and O–H groups in total. The van der Waals surface area contributed by atoms with Crippen LogP contribution >= 0.6 is 27.5 Å². The fraction of sp³-hybridized carbons (Fsp3) is 0. The normalized spacial score (nSPS) is 11.1. The largest absolute Gasteiger partial charge is 0.255 e. The number of fused-ring (bicyclic) bond motifs is 1. The van der Waals surface area contributed by atoms with Gasteiger partial charge in [-0.2, -0.15) is 24.7 Å². The molecule has 0 bridgehead atoms. The van der Waals surface area contributed by atoms with Crippen molar-refractivity contribution >= 4 is 33.3 Å². The van der Waals surface area contributed by atoms with Gasteiger partial charge in [0.2, 0.25) is 0 Å². The van der Waals surface area contributed by atoms with E-state index >= 15 is 0 Å². The number of nitrogens with zero attached hydrogens (tertiary/aromatic N) is 6. The van der Waals surface area contributed by atoms with Crippen LogP contribution in [-0.4, -0.2) is 29.4 Å². The van der Waals surface area contributed by atoms with E-state index in [4.69, 9.17) is 11.6 Å². The van der Waals surface area contributed by atoms with E-state index in [9.17, 15) is 0 Å². The average Bonchev–Trinajstić information content (AvgIpc) is 2.84. The molecule has 0 spiro atoms. The van der Waals surface area contributed by atoms with Crippen LogP contribution in [0.1, 0.15) is 0 Å². The summed E-state index contributed by atoms with van der Waals surface area (Å²) in [5.74, 6) is 1.12. The Hall–Kier alpha value is -1.47. The van der Waals surface area contributed by atoms with E-state index in [1.807, 2.05) is 0 Å². The molecule has 0 aliphatic rings. The lowest BCUT2D eigenvalue weighted by Crippen LogP contribution is -2.05. The van der Waals surface area contributed by atoms with Crippen molar-refractivity contribution in [2.24, 2.45) is 0 Å². The Labute approximate surface area is 103 Å². The summed E-state index contributed by atoms with van der Waals surface area (Å²) >= 11 is 9.22. The second-order valence-electron chi connectivity index (χ2n) is 3.01. The van der Waals surface area contributed by atoms with E-state index in [2.05, 4.69) is 36.1 Å². The third-order valence-electron chi connectivity index (χ3n) is 1.99. The molecule has 0 radical (unpaired) electrons. The van der Waals surface area contributed by atoms with Gasteiger partial charge in [-0.15, -0.1) is 0 Å². The molecule has 0 amide bonds. The first-order valence-electron chi connectivity index (χ1n) is 4.31. The van der Waals surface area contributed by atoms with Gasteiger partial charge in [0.1, 0.15) is 11.5 Å². The maximum Gasteiger partial charge on any atom is 0.255 e. The molecular weight excluding hydrogens is 295 g/mol. The molecule has 0 aromatic carbocycles. The fourth-order valence-corrected chi connectivity index (χ4v) is 1.82. The third kappa shape index (κ3) is 1.48. The van der Waals surface area contributed by atoms with Crippen molar-refractivity contribution in [1.82, 2.24) is 29.4 Å². The Kier molecular flexibility index (Phi) is 2.15. The van der Waals surface area contributed by atoms with Gasteiger partial charge in [0.25, 0.3) is 5.78 Å². The lowest BCUT2D eigenvalue weighted by Gasteiger charge is -2.03. The van der Waals surface area contributed by atoms with E-state index in [1.54, 1.807) is 27.7 Å². The van der Waals surface area contributed by atoms with Crippen LogP contribution in [0.15, 0.2) is 29.3 Å². The average molecular weight is 300 g/mol. The van der Waals surface area contributed by atoms with Gasteiger partial charge in [-0.25, -0.2) is 4.68 Å². The zero-order valence-corrected chi connectivity index (χ0v) is 10.1. The Bertz CT molecular complexity index is 659. The van der Waals surface area contributed by atoms with Gasteiger partial charge in [0.05, 0.1) is 10.7 Å². The van der Waals surface area contributed by atoms with Crippen LogP contribution in [0.2, 0.25) is 5.15 Å². The summed E-state index contributed by atoms with van der Waals surface area (Å²) < 4.78 is 4.07. The highest BCUT2D eigenvalue weighted by Gasteiger charge is 2.08. The summed E-state index contributed by atoms with van der Waals surface area (Å²) in [5.41, 5.74) is 0. The number of hydrogen-bond acceptors (Lipinski definition) is 4. The molecule has 3 aromatic rings. The van der Waals surface area contributed by atoms with E-state index in [-0.39, 0.29) is 0 Å². The number of aromatic nitrogens is 6. The number of rotatable bonds is 1. The molecule has 0 saturated carbocycles. The Morgan fingerprint density at radius 2 is 2.19 bits per heavy atom. The highest BCUT2D eigenvalue weighted by Crippen LogP contribution is 2.15. The van der Waals surface area contributed by atoms with E-state index in [1.165, 1.54) is 6.33 Å². The topological polar surface area (TPSA) is 60.9 Å². The molecular formula is C8H4BrClN6. The summed E-state index contributed by atoms with van der Waals surface area (Å²) in [6, 6.07) is 1.67. The summed E-state index contributed by atoms with van der Waals surface area (Å²) in [6.07, 6.45) is 4.89. The zero-order chi connectivity index (χ0) is 11.1. The van der Waals surface area contributed by atoms with Crippen LogP contribution in [0, 0.1) is 0 Å². The lowest BCUT2D eigenvalue weighted by molar-refractivity contribution is 0.781. The van der Waals surface area contributed by atoms with Gasteiger partial charge < -0.3 is 0 Å². The Morgan fingerprint density at radius 3 is 2.94 bits per heavy atom. The van der Waals surface area contributed by atoms with Crippen molar-refractivity contribution in [2.75, 3.05) is 0 Å². The molecule has 3 aromatic heterocycles. The van der Waals surface area contributed by atoms with Gasteiger partial charge in [-0.05, 0) is 15.9 Å². The summed E-state index contributed by atoms with van der Waals surface area (Å²) in [5, 5.41) is 8.55. The minimum absolute atomic E-state index is 0.349. The third-order valence-corrected chi connectivity index (χ3v) is 2.59. The summed E-state index contributed by atoms with van der Waals surface area (Å²) in [6.45, 7) is 0. The van der Waals surface area contributed by atoms with E-state index in [0.29, 0.717) is 16.7 Å². The SMILES string of the molecule is Clc1cc(-n2cc(Br)cn2)n2ncnc2n1. The lowest BCUT2D eigenvalue weighted by atomic mass is 10.6. The zero-order valence-electron chi connectivity index (χ0n) is 7.75. The highest BCUT2D eigenvalue weighted by atomic mass is 79.9. The monoisotopic (exact) mass is 298 g/mol. The maximum atomic E-state index is 5.89. The quantitative estimate of drug-likeness (QED) is 0.642. The van der Waals surface area contributed by atoms with Gasteiger partial charge in [-0.3, -0.25) is 0 Å². The van der Waals surface area contributed by atoms with Crippen molar-refractivity contribution in [3.63, 3.8) is 0 Å². The van der Waals surface area contributed by atoms with Gasteiger partial charge in [0.15, 0.2) is 5.82 Å². The maximum absolute atomic E-state index is 5.89. The number of halogens is 2. The second-order valence-corrected chi connectivity index (χ2v) is 4.31. The Balaban J connectivity index is 2.33. The molecule has 6 nitrogen and oxygen atoms in total. The molecule has 3 heterocycles. The van der Waals surface area contributed by atoms with Crippen LogP contribution in [0.4, 0.5) is 0 Å². The first kappa shape index (κ1) is 9.73.